The van der Waals surface area contributed by atoms with Crippen LogP contribution in [-0.4, -0.2) is 46.1 Å². The third-order valence-corrected chi connectivity index (χ3v) is 5.42. The number of hydrogen-bond acceptors (Lipinski definition) is 6. The van der Waals surface area contributed by atoms with Crippen molar-refractivity contribution in [2.45, 2.75) is 6.73 Å². The molecule has 0 aliphatic carbocycles. The predicted octanol–water partition coefficient (Wildman–Crippen LogP) is 4.88. The summed E-state index contributed by atoms with van der Waals surface area (Å²) in [6.45, 7) is 0.290. The van der Waals surface area contributed by atoms with Gasteiger partial charge in [0.2, 0.25) is 0 Å². The topological polar surface area (TPSA) is 68.2 Å². The van der Waals surface area contributed by atoms with Crippen molar-refractivity contribution in [3.05, 3.63) is 54.1 Å². The van der Waals surface area contributed by atoms with Gasteiger partial charge in [-0.3, -0.25) is 4.79 Å². The largest absolute Gasteiger partial charge is 0.497 e. The third kappa shape index (κ3) is 3.55. The van der Waals surface area contributed by atoms with E-state index < -0.39 is 0 Å². The zero-order chi connectivity index (χ0) is 22.7. The number of benzene rings is 3. The fourth-order valence-electron chi connectivity index (χ4n) is 4.09. The summed E-state index contributed by atoms with van der Waals surface area (Å²) in [4.78, 5) is 12.2. The lowest BCUT2D eigenvalue weighted by molar-refractivity contribution is 0.0520. The van der Waals surface area contributed by atoms with E-state index in [0.29, 0.717) is 17.1 Å². The summed E-state index contributed by atoms with van der Waals surface area (Å²) >= 11 is 0. The van der Waals surface area contributed by atoms with E-state index in [1.807, 2.05) is 53.1 Å². The first-order chi connectivity index (χ1) is 15.7. The van der Waals surface area contributed by atoms with Crippen molar-refractivity contribution in [1.82, 2.24) is 4.57 Å². The van der Waals surface area contributed by atoms with E-state index in [2.05, 4.69) is 0 Å². The van der Waals surface area contributed by atoms with Crippen LogP contribution in [0.1, 0.15) is 10.4 Å². The maximum atomic E-state index is 12.2. The second-order valence-corrected chi connectivity index (χ2v) is 7.17. The summed E-state index contributed by atoms with van der Waals surface area (Å²) in [6.07, 6.45) is 0.867. The third-order valence-electron chi connectivity index (χ3n) is 5.42. The maximum Gasteiger partial charge on any atom is 0.188 e. The summed E-state index contributed by atoms with van der Waals surface area (Å²) in [7, 11) is 6.43. The van der Waals surface area contributed by atoms with Crippen LogP contribution in [0.2, 0.25) is 0 Å². The van der Waals surface area contributed by atoms with Gasteiger partial charge in [0.1, 0.15) is 18.2 Å². The van der Waals surface area contributed by atoms with E-state index in [-0.39, 0.29) is 13.5 Å². The minimum Gasteiger partial charge on any atom is -0.497 e. The smallest absolute Gasteiger partial charge is 0.188 e. The Labute approximate surface area is 186 Å². The van der Waals surface area contributed by atoms with Gasteiger partial charge in [0, 0.05) is 36.1 Å². The van der Waals surface area contributed by atoms with Crippen LogP contribution in [0.25, 0.3) is 32.9 Å². The van der Waals surface area contributed by atoms with Crippen molar-refractivity contribution in [3.8, 4) is 28.4 Å². The SMILES string of the molecule is COCOc1c(-c2ccc(OC)cc2)cc(C=O)c2c3cccc(OC)c3n(COC)c12. The van der Waals surface area contributed by atoms with Crippen molar-refractivity contribution in [2.24, 2.45) is 0 Å². The molecule has 0 unspecified atom stereocenters. The molecule has 7 nitrogen and oxygen atoms in total. The van der Waals surface area contributed by atoms with Crippen molar-refractivity contribution in [2.75, 3.05) is 35.2 Å². The van der Waals surface area contributed by atoms with Crippen LogP contribution in [0, 0.1) is 0 Å². The molecule has 0 atom stereocenters. The molecule has 0 spiro atoms. The first kappa shape index (κ1) is 21.7. The minimum atomic E-state index is 0.0460. The lowest BCUT2D eigenvalue weighted by Gasteiger charge is -2.17. The Kier molecular flexibility index (Phi) is 6.30. The van der Waals surface area contributed by atoms with Crippen molar-refractivity contribution < 1.29 is 28.5 Å². The molecule has 4 rings (SSSR count). The molecule has 0 bridgehead atoms. The van der Waals surface area contributed by atoms with Gasteiger partial charge in [0.05, 0.1) is 25.3 Å². The van der Waals surface area contributed by atoms with E-state index in [9.17, 15) is 4.79 Å². The monoisotopic (exact) mass is 435 g/mol. The molecule has 7 heteroatoms. The van der Waals surface area contributed by atoms with Crippen LogP contribution in [0.4, 0.5) is 0 Å². The first-order valence-electron chi connectivity index (χ1n) is 10.0. The molecule has 0 saturated carbocycles. The fourth-order valence-corrected chi connectivity index (χ4v) is 4.09. The van der Waals surface area contributed by atoms with E-state index in [1.54, 1.807) is 28.4 Å². The second kappa shape index (κ2) is 9.30. The molecule has 0 N–H and O–H groups in total. The maximum absolute atomic E-state index is 12.2. The number of ether oxygens (including phenoxy) is 5. The number of carbonyl (C=O) groups is 1. The van der Waals surface area contributed by atoms with Gasteiger partial charge in [-0.15, -0.1) is 0 Å². The second-order valence-electron chi connectivity index (χ2n) is 7.17. The highest BCUT2D eigenvalue weighted by Crippen LogP contribution is 2.45. The van der Waals surface area contributed by atoms with Crippen LogP contribution in [-0.2, 0) is 16.2 Å². The molecule has 4 aromatic rings. The zero-order valence-electron chi connectivity index (χ0n) is 18.5. The summed E-state index contributed by atoms with van der Waals surface area (Å²) in [5.74, 6) is 2.01. The molecule has 0 saturated heterocycles. The quantitative estimate of drug-likeness (QED) is 0.276. The number of para-hydroxylation sites is 1. The molecule has 1 heterocycles. The highest BCUT2D eigenvalue weighted by Gasteiger charge is 2.24. The van der Waals surface area contributed by atoms with Gasteiger partial charge >= 0.3 is 0 Å². The van der Waals surface area contributed by atoms with Gasteiger partial charge < -0.3 is 28.3 Å². The summed E-state index contributed by atoms with van der Waals surface area (Å²) < 4.78 is 29.8. The standard InChI is InChI=1S/C25H25NO6/c1-28-14-26-23-19(6-5-7-21(23)31-4)22-17(13-27)12-20(25(24(22)26)32-15-29-2)16-8-10-18(30-3)11-9-16/h5-13H,14-15H2,1-4H3. The number of aldehydes is 1. The Hall–Kier alpha value is -3.55. The first-order valence-corrected chi connectivity index (χ1v) is 10.0. The molecule has 0 aliphatic rings. The van der Waals surface area contributed by atoms with Crippen LogP contribution in [0.5, 0.6) is 17.2 Å². The summed E-state index contributed by atoms with van der Waals surface area (Å²) in [6, 6.07) is 15.2. The van der Waals surface area contributed by atoms with E-state index >= 15 is 0 Å². The molecule has 0 fully saturated rings. The Morgan fingerprint density at radius 3 is 2.31 bits per heavy atom. The minimum absolute atomic E-state index is 0.0460. The van der Waals surface area contributed by atoms with Crippen LogP contribution in [0.3, 0.4) is 0 Å². The Morgan fingerprint density at radius 2 is 1.69 bits per heavy atom. The fraction of sp³-hybridized carbons (Fsp3) is 0.240. The van der Waals surface area contributed by atoms with Gasteiger partial charge in [-0.2, -0.15) is 0 Å². The van der Waals surface area contributed by atoms with Gasteiger partial charge in [0.15, 0.2) is 18.8 Å². The molecule has 0 aliphatic heterocycles. The number of fused-ring (bicyclic) bond motifs is 3. The van der Waals surface area contributed by atoms with Crippen LogP contribution in [0.15, 0.2) is 48.5 Å². The molecular formula is C25H25NO6. The number of rotatable bonds is 9. The molecule has 0 amide bonds. The van der Waals surface area contributed by atoms with Gasteiger partial charge in [-0.25, -0.2) is 0 Å². The molecule has 3 aromatic carbocycles. The van der Waals surface area contributed by atoms with Gasteiger partial charge in [0.25, 0.3) is 0 Å². The lowest BCUT2D eigenvalue weighted by Crippen LogP contribution is -2.06. The Morgan fingerprint density at radius 1 is 0.906 bits per heavy atom. The van der Waals surface area contributed by atoms with Gasteiger partial charge in [-0.1, -0.05) is 24.3 Å². The van der Waals surface area contributed by atoms with E-state index in [4.69, 9.17) is 23.7 Å². The van der Waals surface area contributed by atoms with Crippen molar-refractivity contribution >= 4 is 28.1 Å². The number of hydrogen-bond donors (Lipinski definition) is 0. The molecule has 166 valence electrons. The van der Waals surface area contributed by atoms with E-state index in [0.717, 1.165) is 45.0 Å². The normalized spacial score (nSPS) is 11.1. The molecular weight excluding hydrogens is 410 g/mol. The lowest BCUT2D eigenvalue weighted by atomic mass is 9.97. The van der Waals surface area contributed by atoms with Crippen molar-refractivity contribution in [3.63, 3.8) is 0 Å². The predicted molar refractivity (Wildman–Crippen MR) is 123 cm³/mol. The molecule has 1 aromatic heterocycles. The number of nitrogens with zero attached hydrogens (tertiary/aromatic N) is 1. The highest BCUT2D eigenvalue weighted by molar-refractivity contribution is 6.19. The summed E-state index contributed by atoms with van der Waals surface area (Å²) in [5.41, 5.74) is 3.74. The Balaban J connectivity index is 2.16. The number of aromatic nitrogens is 1. The number of methoxy groups -OCH3 is 4. The van der Waals surface area contributed by atoms with Crippen LogP contribution < -0.4 is 14.2 Å². The van der Waals surface area contributed by atoms with Crippen LogP contribution >= 0.6 is 0 Å². The number of carbonyl (C=O) groups excluding carboxylic acids is 1. The Bertz CT molecular complexity index is 1260. The average Bonchev–Trinajstić information content (AvgIpc) is 3.17. The molecule has 32 heavy (non-hydrogen) atoms. The van der Waals surface area contributed by atoms with E-state index in [1.165, 1.54) is 0 Å². The summed E-state index contributed by atoms with van der Waals surface area (Å²) in [5, 5.41) is 1.65. The van der Waals surface area contributed by atoms with Gasteiger partial charge in [-0.05, 0) is 29.8 Å². The average molecular weight is 435 g/mol. The highest BCUT2D eigenvalue weighted by atomic mass is 16.7. The zero-order valence-corrected chi connectivity index (χ0v) is 18.5. The van der Waals surface area contributed by atoms with Crippen molar-refractivity contribution in [1.29, 1.82) is 0 Å². The molecule has 0 radical (unpaired) electrons.